The Hall–Kier alpha value is -1.76. The Labute approximate surface area is 130 Å². The highest BCUT2D eigenvalue weighted by atomic mass is 16.5. The molecule has 1 aliphatic rings. The molecular weight excluding hydrogens is 280 g/mol. The Balaban J connectivity index is 1.60. The van der Waals surface area contributed by atoms with Gasteiger partial charge in [-0.1, -0.05) is 5.16 Å². The molecule has 3 rings (SSSR count). The van der Waals surface area contributed by atoms with Crippen LogP contribution in [0.15, 0.2) is 35.1 Å². The van der Waals surface area contributed by atoms with Gasteiger partial charge in [0.15, 0.2) is 5.76 Å². The highest BCUT2D eigenvalue weighted by Gasteiger charge is 2.39. The first-order valence-corrected chi connectivity index (χ1v) is 7.46. The van der Waals surface area contributed by atoms with Crippen LogP contribution in [0.5, 0.6) is 0 Å². The summed E-state index contributed by atoms with van der Waals surface area (Å²) < 4.78 is 10.8. The standard InChI is InChI=1S/C16H22N4O2/c1-20(2)10-15-7-14(19-22-15)8-16(11-21-12-16)18-9-13-3-5-17-6-4-13/h3-7,18H,8-12H2,1-2H3. The Morgan fingerprint density at radius 2 is 2.05 bits per heavy atom. The third kappa shape index (κ3) is 3.71. The number of rotatable bonds is 7. The Bertz CT molecular complexity index is 593. The quantitative estimate of drug-likeness (QED) is 0.830. The summed E-state index contributed by atoms with van der Waals surface area (Å²) in [6.45, 7) is 2.97. The van der Waals surface area contributed by atoms with E-state index in [-0.39, 0.29) is 5.54 Å². The molecule has 2 aromatic heterocycles. The zero-order chi connectivity index (χ0) is 15.4. The van der Waals surface area contributed by atoms with Crippen molar-refractivity contribution in [3.05, 3.63) is 47.6 Å². The molecule has 118 valence electrons. The van der Waals surface area contributed by atoms with Gasteiger partial charge in [-0.3, -0.25) is 4.98 Å². The molecule has 0 saturated carbocycles. The van der Waals surface area contributed by atoms with Gasteiger partial charge in [-0.05, 0) is 31.8 Å². The van der Waals surface area contributed by atoms with E-state index in [1.54, 1.807) is 0 Å². The molecule has 1 fully saturated rings. The van der Waals surface area contributed by atoms with Gasteiger partial charge in [-0.15, -0.1) is 0 Å². The van der Waals surface area contributed by atoms with E-state index in [1.165, 1.54) is 5.56 Å². The van der Waals surface area contributed by atoms with Gasteiger partial charge in [0.25, 0.3) is 0 Å². The van der Waals surface area contributed by atoms with Crippen LogP contribution in [0, 0.1) is 0 Å². The van der Waals surface area contributed by atoms with E-state index in [9.17, 15) is 0 Å². The van der Waals surface area contributed by atoms with Crippen molar-refractivity contribution in [3.8, 4) is 0 Å². The Morgan fingerprint density at radius 3 is 2.68 bits per heavy atom. The lowest BCUT2D eigenvalue weighted by atomic mass is 9.91. The predicted molar refractivity (Wildman–Crippen MR) is 82.2 cm³/mol. The van der Waals surface area contributed by atoms with Crippen LogP contribution in [0.25, 0.3) is 0 Å². The molecule has 2 aromatic rings. The van der Waals surface area contributed by atoms with E-state index in [2.05, 4.69) is 20.4 Å². The highest BCUT2D eigenvalue weighted by Crippen LogP contribution is 2.23. The Morgan fingerprint density at radius 1 is 1.27 bits per heavy atom. The molecular formula is C16H22N4O2. The lowest BCUT2D eigenvalue weighted by Gasteiger charge is -2.42. The number of aromatic nitrogens is 2. The second-order valence-corrected chi connectivity index (χ2v) is 6.18. The normalized spacial score (nSPS) is 16.7. The third-order valence-corrected chi connectivity index (χ3v) is 3.77. The smallest absolute Gasteiger partial charge is 0.150 e. The fourth-order valence-electron chi connectivity index (χ4n) is 2.58. The van der Waals surface area contributed by atoms with Crippen LogP contribution in [-0.4, -0.2) is 47.9 Å². The summed E-state index contributed by atoms with van der Waals surface area (Å²) in [4.78, 5) is 6.10. The summed E-state index contributed by atoms with van der Waals surface area (Å²) >= 11 is 0. The van der Waals surface area contributed by atoms with Gasteiger partial charge in [0.05, 0.1) is 31.0 Å². The fraction of sp³-hybridized carbons (Fsp3) is 0.500. The average Bonchev–Trinajstić information content (AvgIpc) is 2.89. The van der Waals surface area contributed by atoms with E-state index in [0.717, 1.165) is 31.0 Å². The first-order valence-electron chi connectivity index (χ1n) is 7.46. The van der Waals surface area contributed by atoms with E-state index in [0.29, 0.717) is 13.2 Å². The molecule has 0 amide bonds. The van der Waals surface area contributed by atoms with Gasteiger partial charge < -0.3 is 19.5 Å². The molecule has 1 aliphatic heterocycles. The summed E-state index contributed by atoms with van der Waals surface area (Å²) in [5, 5.41) is 7.79. The van der Waals surface area contributed by atoms with Gasteiger partial charge in [0, 0.05) is 31.4 Å². The van der Waals surface area contributed by atoms with Crippen LogP contribution in [0.1, 0.15) is 17.0 Å². The van der Waals surface area contributed by atoms with Crippen molar-refractivity contribution in [1.29, 1.82) is 0 Å². The molecule has 6 heteroatoms. The second kappa shape index (κ2) is 6.56. The van der Waals surface area contributed by atoms with Crippen molar-refractivity contribution < 1.29 is 9.26 Å². The molecule has 0 unspecified atom stereocenters. The molecule has 0 atom stereocenters. The molecule has 3 heterocycles. The number of ether oxygens (including phenoxy) is 1. The summed E-state index contributed by atoms with van der Waals surface area (Å²) in [5.41, 5.74) is 2.15. The van der Waals surface area contributed by atoms with E-state index >= 15 is 0 Å². The lowest BCUT2D eigenvalue weighted by Crippen LogP contribution is -2.61. The minimum atomic E-state index is -0.0461. The van der Waals surface area contributed by atoms with E-state index in [4.69, 9.17) is 9.26 Å². The molecule has 0 spiro atoms. The number of hydrogen-bond donors (Lipinski definition) is 1. The monoisotopic (exact) mass is 302 g/mol. The van der Waals surface area contributed by atoms with Crippen LogP contribution in [-0.2, 0) is 24.2 Å². The van der Waals surface area contributed by atoms with E-state index < -0.39 is 0 Å². The van der Waals surface area contributed by atoms with Crippen molar-refractivity contribution in [2.24, 2.45) is 0 Å². The zero-order valence-corrected chi connectivity index (χ0v) is 13.1. The summed E-state index contributed by atoms with van der Waals surface area (Å²) in [7, 11) is 4.03. The molecule has 22 heavy (non-hydrogen) atoms. The maximum atomic E-state index is 5.43. The molecule has 1 saturated heterocycles. The van der Waals surface area contributed by atoms with Crippen LogP contribution >= 0.6 is 0 Å². The van der Waals surface area contributed by atoms with Crippen LogP contribution in [0.3, 0.4) is 0 Å². The van der Waals surface area contributed by atoms with E-state index in [1.807, 2.05) is 44.7 Å². The summed E-state index contributed by atoms with van der Waals surface area (Å²) in [5.74, 6) is 0.893. The average molecular weight is 302 g/mol. The molecule has 0 radical (unpaired) electrons. The van der Waals surface area contributed by atoms with Crippen molar-refractivity contribution in [1.82, 2.24) is 20.4 Å². The van der Waals surface area contributed by atoms with Crippen molar-refractivity contribution in [2.75, 3.05) is 27.3 Å². The van der Waals surface area contributed by atoms with Crippen molar-refractivity contribution in [2.45, 2.75) is 25.0 Å². The van der Waals surface area contributed by atoms with Gasteiger partial charge >= 0.3 is 0 Å². The Kier molecular flexibility index (Phi) is 4.52. The van der Waals surface area contributed by atoms with Crippen molar-refractivity contribution in [3.63, 3.8) is 0 Å². The highest BCUT2D eigenvalue weighted by molar-refractivity contribution is 5.14. The molecule has 0 bridgehead atoms. The zero-order valence-electron chi connectivity index (χ0n) is 13.1. The molecule has 0 aromatic carbocycles. The maximum absolute atomic E-state index is 5.43. The van der Waals surface area contributed by atoms with Gasteiger partial charge in [0.1, 0.15) is 0 Å². The molecule has 0 aliphatic carbocycles. The third-order valence-electron chi connectivity index (χ3n) is 3.77. The van der Waals surface area contributed by atoms with Gasteiger partial charge in [0.2, 0.25) is 0 Å². The topological polar surface area (TPSA) is 63.4 Å². The SMILES string of the molecule is CN(C)Cc1cc(CC2(NCc3ccncc3)COC2)no1. The lowest BCUT2D eigenvalue weighted by molar-refractivity contribution is -0.0755. The van der Waals surface area contributed by atoms with Crippen molar-refractivity contribution >= 4 is 0 Å². The second-order valence-electron chi connectivity index (χ2n) is 6.18. The van der Waals surface area contributed by atoms with Crippen LogP contribution < -0.4 is 5.32 Å². The van der Waals surface area contributed by atoms with Gasteiger partial charge in [-0.2, -0.15) is 0 Å². The predicted octanol–water partition coefficient (Wildman–Crippen LogP) is 1.23. The molecule has 1 N–H and O–H groups in total. The number of hydrogen-bond acceptors (Lipinski definition) is 6. The minimum Gasteiger partial charge on any atom is -0.377 e. The van der Waals surface area contributed by atoms with Crippen LogP contribution in [0.4, 0.5) is 0 Å². The molecule has 6 nitrogen and oxygen atoms in total. The minimum absolute atomic E-state index is 0.0461. The number of nitrogens with one attached hydrogen (secondary N) is 1. The van der Waals surface area contributed by atoms with Crippen LogP contribution in [0.2, 0.25) is 0 Å². The largest absolute Gasteiger partial charge is 0.377 e. The maximum Gasteiger partial charge on any atom is 0.150 e. The number of nitrogens with zero attached hydrogens (tertiary/aromatic N) is 3. The van der Waals surface area contributed by atoms with Gasteiger partial charge in [-0.25, -0.2) is 0 Å². The fourth-order valence-corrected chi connectivity index (χ4v) is 2.58. The first kappa shape index (κ1) is 15.1. The first-order chi connectivity index (χ1) is 10.7. The number of pyridine rings is 1. The summed E-state index contributed by atoms with van der Waals surface area (Å²) in [6.07, 6.45) is 4.44. The summed E-state index contributed by atoms with van der Waals surface area (Å²) in [6, 6.07) is 6.07.